The Morgan fingerprint density at radius 1 is 1.43 bits per heavy atom. The number of aromatic nitrogens is 2. The Balaban J connectivity index is 2.33. The van der Waals surface area contributed by atoms with E-state index in [1.807, 2.05) is 6.07 Å². The molecule has 4 heteroatoms. The Bertz CT molecular complexity index is 502. The van der Waals surface area contributed by atoms with Crippen LogP contribution in [-0.4, -0.2) is 9.55 Å². The fourth-order valence-electron chi connectivity index (χ4n) is 1.70. The van der Waals surface area contributed by atoms with E-state index in [1.165, 1.54) is 18.9 Å². The van der Waals surface area contributed by atoms with Gasteiger partial charge in [0.1, 0.15) is 5.52 Å². The van der Waals surface area contributed by atoms with Crippen LogP contribution in [0.1, 0.15) is 18.9 Å². The lowest BCUT2D eigenvalue weighted by atomic mass is 10.3. The van der Waals surface area contributed by atoms with E-state index in [2.05, 4.69) is 25.5 Å². The summed E-state index contributed by atoms with van der Waals surface area (Å²) < 4.78 is 16.3. The Morgan fingerprint density at radius 3 is 2.93 bits per heavy atom. The number of fused-ring (bicyclic) bond motifs is 1. The van der Waals surface area contributed by atoms with Crippen molar-refractivity contribution in [3.8, 4) is 0 Å². The van der Waals surface area contributed by atoms with Gasteiger partial charge in [0.05, 0.1) is 11.8 Å². The zero-order valence-corrected chi connectivity index (χ0v) is 8.96. The van der Waals surface area contributed by atoms with Crippen LogP contribution in [0.2, 0.25) is 0 Å². The van der Waals surface area contributed by atoms with Crippen LogP contribution in [0.15, 0.2) is 22.9 Å². The van der Waals surface area contributed by atoms with Gasteiger partial charge in [0.15, 0.2) is 5.82 Å². The van der Waals surface area contributed by atoms with Gasteiger partial charge in [-0.05, 0) is 25.0 Å². The monoisotopic (exact) mass is 254 g/mol. The van der Waals surface area contributed by atoms with Crippen molar-refractivity contribution in [2.45, 2.75) is 18.9 Å². The normalized spacial score (nSPS) is 16.4. The summed E-state index contributed by atoms with van der Waals surface area (Å²) in [7, 11) is 0. The lowest BCUT2D eigenvalue weighted by molar-refractivity contribution is 0.636. The summed E-state index contributed by atoms with van der Waals surface area (Å²) in [6.45, 7) is 0. The van der Waals surface area contributed by atoms with Gasteiger partial charge in [-0.3, -0.25) is 0 Å². The van der Waals surface area contributed by atoms with Crippen LogP contribution < -0.4 is 0 Å². The molecule has 0 saturated heterocycles. The molecule has 0 atom stereocenters. The summed E-state index contributed by atoms with van der Waals surface area (Å²) in [6, 6.07) is 3.91. The number of hydrogen-bond donors (Lipinski definition) is 0. The maximum Gasteiger partial charge on any atom is 0.152 e. The molecule has 1 fully saturated rings. The molecule has 0 unspecified atom stereocenters. The number of halogens is 2. The highest BCUT2D eigenvalue weighted by Gasteiger charge is 2.25. The van der Waals surface area contributed by atoms with Crippen LogP contribution in [0, 0.1) is 5.82 Å². The van der Waals surface area contributed by atoms with Crippen LogP contribution in [0.4, 0.5) is 4.39 Å². The fourth-order valence-corrected chi connectivity index (χ4v) is 2.12. The van der Waals surface area contributed by atoms with E-state index >= 15 is 0 Å². The molecule has 72 valence electrons. The Hall–Kier alpha value is -0.900. The first-order valence-electron chi connectivity index (χ1n) is 4.57. The molecule has 0 bridgehead atoms. The standard InChI is InChI=1S/C10H8BrFN2/c11-6-3-8(12)10-9(4-6)14(5-13-10)7-1-2-7/h3-5,7H,1-2H2. The zero-order valence-electron chi connectivity index (χ0n) is 7.37. The van der Waals surface area contributed by atoms with E-state index in [-0.39, 0.29) is 5.82 Å². The smallest absolute Gasteiger partial charge is 0.152 e. The molecule has 0 spiro atoms. The van der Waals surface area contributed by atoms with Crippen LogP contribution >= 0.6 is 15.9 Å². The van der Waals surface area contributed by atoms with Gasteiger partial charge in [0.25, 0.3) is 0 Å². The van der Waals surface area contributed by atoms with Crippen LogP contribution in [-0.2, 0) is 0 Å². The van der Waals surface area contributed by atoms with Gasteiger partial charge >= 0.3 is 0 Å². The maximum atomic E-state index is 13.4. The second-order valence-electron chi connectivity index (χ2n) is 3.64. The van der Waals surface area contributed by atoms with E-state index in [0.29, 0.717) is 11.6 Å². The van der Waals surface area contributed by atoms with E-state index < -0.39 is 0 Å². The van der Waals surface area contributed by atoms with Gasteiger partial charge < -0.3 is 4.57 Å². The molecule has 1 aromatic heterocycles. The van der Waals surface area contributed by atoms with Crippen LogP contribution in [0.3, 0.4) is 0 Å². The summed E-state index contributed by atoms with van der Waals surface area (Å²) in [5.41, 5.74) is 1.36. The van der Waals surface area contributed by atoms with Crippen LogP contribution in [0.5, 0.6) is 0 Å². The third-order valence-electron chi connectivity index (χ3n) is 2.54. The van der Waals surface area contributed by atoms with Crippen molar-refractivity contribution in [2.24, 2.45) is 0 Å². The fraction of sp³-hybridized carbons (Fsp3) is 0.300. The Kier molecular flexibility index (Phi) is 1.68. The highest BCUT2D eigenvalue weighted by atomic mass is 79.9. The van der Waals surface area contributed by atoms with Crippen molar-refractivity contribution < 1.29 is 4.39 Å². The van der Waals surface area contributed by atoms with E-state index in [1.54, 1.807) is 6.33 Å². The Labute approximate surface area is 88.9 Å². The number of benzene rings is 1. The first-order valence-corrected chi connectivity index (χ1v) is 5.36. The molecule has 2 nitrogen and oxygen atoms in total. The van der Waals surface area contributed by atoms with E-state index in [4.69, 9.17) is 0 Å². The van der Waals surface area contributed by atoms with Crippen molar-refractivity contribution in [2.75, 3.05) is 0 Å². The lowest BCUT2D eigenvalue weighted by Crippen LogP contribution is -1.90. The summed E-state index contributed by atoms with van der Waals surface area (Å²) in [6.07, 6.45) is 4.09. The molecule has 2 aromatic rings. The second-order valence-corrected chi connectivity index (χ2v) is 4.55. The van der Waals surface area contributed by atoms with Gasteiger partial charge in [0, 0.05) is 10.5 Å². The summed E-state index contributed by atoms with van der Waals surface area (Å²) in [5, 5.41) is 0. The van der Waals surface area contributed by atoms with Gasteiger partial charge in [-0.1, -0.05) is 15.9 Å². The molecule has 1 aliphatic rings. The largest absolute Gasteiger partial charge is 0.327 e. The average molecular weight is 255 g/mol. The van der Waals surface area contributed by atoms with Crippen molar-refractivity contribution in [3.05, 3.63) is 28.7 Å². The lowest BCUT2D eigenvalue weighted by Gasteiger charge is -2.01. The highest BCUT2D eigenvalue weighted by molar-refractivity contribution is 9.10. The Morgan fingerprint density at radius 2 is 2.21 bits per heavy atom. The van der Waals surface area contributed by atoms with E-state index in [9.17, 15) is 4.39 Å². The third-order valence-corrected chi connectivity index (χ3v) is 3.00. The van der Waals surface area contributed by atoms with Gasteiger partial charge in [-0.2, -0.15) is 0 Å². The molecule has 1 aromatic carbocycles. The number of imidazole rings is 1. The van der Waals surface area contributed by atoms with E-state index in [0.717, 1.165) is 9.99 Å². The minimum absolute atomic E-state index is 0.256. The molecule has 1 aliphatic carbocycles. The topological polar surface area (TPSA) is 17.8 Å². The first-order chi connectivity index (χ1) is 6.75. The average Bonchev–Trinajstić information content (AvgIpc) is 2.87. The molecule has 0 N–H and O–H groups in total. The minimum Gasteiger partial charge on any atom is -0.327 e. The molecule has 1 saturated carbocycles. The molecule has 0 radical (unpaired) electrons. The van der Waals surface area contributed by atoms with Gasteiger partial charge in [-0.15, -0.1) is 0 Å². The molecular weight excluding hydrogens is 247 g/mol. The van der Waals surface area contributed by atoms with Crippen molar-refractivity contribution in [1.82, 2.24) is 9.55 Å². The molecule has 0 amide bonds. The third kappa shape index (κ3) is 1.17. The van der Waals surface area contributed by atoms with Crippen LogP contribution in [0.25, 0.3) is 11.0 Å². The maximum absolute atomic E-state index is 13.4. The summed E-state index contributed by atoms with van der Waals surface area (Å²) in [4.78, 5) is 4.09. The first kappa shape index (κ1) is 8.41. The number of hydrogen-bond acceptors (Lipinski definition) is 1. The van der Waals surface area contributed by atoms with Gasteiger partial charge in [-0.25, -0.2) is 9.37 Å². The summed E-state index contributed by atoms with van der Waals surface area (Å²) >= 11 is 3.29. The number of nitrogens with zero attached hydrogens (tertiary/aromatic N) is 2. The predicted molar refractivity (Wildman–Crippen MR) is 55.7 cm³/mol. The second kappa shape index (κ2) is 2.79. The number of rotatable bonds is 1. The molecule has 1 heterocycles. The molecule has 3 rings (SSSR count). The highest BCUT2D eigenvalue weighted by Crippen LogP contribution is 2.37. The molecule has 14 heavy (non-hydrogen) atoms. The predicted octanol–water partition coefficient (Wildman–Crippen LogP) is 3.27. The quantitative estimate of drug-likeness (QED) is 0.764. The SMILES string of the molecule is Fc1cc(Br)cc2c1ncn2C1CC1. The molecular formula is C10H8BrFN2. The molecule has 0 aliphatic heterocycles. The van der Waals surface area contributed by atoms with Crippen molar-refractivity contribution in [1.29, 1.82) is 0 Å². The minimum atomic E-state index is -0.256. The summed E-state index contributed by atoms with van der Waals surface area (Å²) in [5.74, 6) is -0.256. The van der Waals surface area contributed by atoms with Gasteiger partial charge in [0.2, 0.25) is 0 Å². The van der Waals surface area contributed by atoms with Crippen molar-refractivity contribution >= 4 is 27.0 Å². The van der Waals surface area contributed by atoms with Crippen molar-refractivity contribution in [3.63, 3.8) is 0 Å². The zero-order chi connectivity index (χ0) is 9.71.